The second-order valence-electron chi connectivity index (χ2n) is 7.06. The van der Waals surface area contributed by atoms with Crippen LogP contribution >= 0.6 is 0 Å². The maximum absolute atomic E-state index is 13.1. The van der Waals surface area contributed by atoms with E-state index in [0.717, 1.165) is 45.1 Å². The van der Waals surface area contributed by atoms with Gasteiger partial charge in [-0.1, -0.05) is 26.7 Å². The quantitative estimate of drug-likeness (QED) is 0.857. The van der Waals surface area contributed by atoms with Gasteiger partial charge in [0.1, 0.15) is 11.6 Å². The molecule has 0 aromatic carbocycles. The maximum Gasteiger partial charge on any atom is 0.249 e. The van der Waals surface area contributed by atoms with Gasteiger partial charge in [0.25, 0.3) is 0 Å². The van der Waals surface area contributed by atoms with Crippen LogP contribution in [0.4, 0.5) is 0 Å². The zero-order chi connectivity index (χ0) is 15.0. The van der Waals surface area contributed by atoms with Gasteiger partial charge < -0.3 is 15.0 Å². The second kappa shape index (κ2) is 5.59. The van der Waals surface area contributed by atoms with Gasteiger partial charge in [-0.15, -0.1) is 0 Å². The lowest BCUT2D eigenvalue weighted by molar-refractivity contribution is -0.158. The molecular formula is C16H26N2O3. The van der Waals surface area contributed by atoms with E-state index in [1.807, 2.05) is 18.7 Å². The molecule has 3 fully saturated rings. The molecule has 2 amide bonds. The highest BCUT2D eigenvalue weighted by atomic mass is 16.5. The van der Waals surface area contributed by atoms with Crippen molar-refractivity contribution in [1.29, 1.82) is 0 Å². The van der Waals surface area contributed by atoms with Crippen molar-refractivity contribution >= 4 is 11.8 Å². The number of rotatable bonds is 3. The molecule has 0 bridgehead atoms. The van der Waals surface area contributed by atoms with Gasteiger partial charge in [0, 0.05) is 13.2 Å². The molecule has 1 spiro atoms. The Morgan fingerprint density at radius 3 is 2.57 bits per heavy atom. The van der Waals surface area contributed by atoms with Crippen molar-refractivity contribution in [1.82, 2.24) is 10.2 Å². The number of hydrogen-bond donors (Lipinski definition) is 1. The summed E-state index contributed by atoms with van der Waals surface area (Å²) in [5.74, 6) is 0.257. The van der Waals surface area contributed by atoms with E-state index in [0.29, 0.717) is 6.54 Å². The first-order chi connectivity index (χ1) is 10.0. The summed E-state index contributed by atoms with van der Waals surface area (Å²) in [7, 11) is 0. The Morgan fingerprint density at radius 1 is 1.29 bits per heavy atom. The van der Waals surface area contributed by atoms with Gasteiger partial charge in [0.05, 0.1) is 6.10 Å². The fourth-order valence-corrected chi connectivity index (χ4v) is 4.09. The van der Waals surface area contributed by atoms with Crippen LogP contribution in [0.1, 0.15) is 52.4 Å². The van der Waals surface area contributed by atoms with Crippen molar-refractivity contribution in [3.05, 3.63) is 0 Å². The van der Waals surface area contributed by atoms with Gasteiger partial charge in [0.2, 0.25) is 11.8 Å². The molecule has 5 nitrogen and oxygen atoms in total. The van der Waals surface area contributed by atoms with Crippen molar-refractivity contribution in [2.45, 2.75) is 70.1 Å². The van der Waals surface area contributed by atoms with Gasteiger partial charge >= 0.3 is 0 Å². The Bertz CT molecular complexity index is 423. The Labute approximate surface area is 126 Å². The lowest BCUT2D eigenvalue weighted by atomic mass is 9.87. The molecule has 1 saturated carbocycles. The van der Waals surface area contributed by atoms with E-state index < -0.39 is 5.54 Å². The number of carbonyl (C=O) groups is 2. The predicted molar refractivity (Wildman–Crippen MR) is 78.7 cm³/mol. The number of nitrogens with one attached hydrogen (secondary N) is 1. The highest BCUT2D eigenvalue weighted by molar-refractivity contribution is 6.00. The topological polar surface area (TPSA) is 58.6 Å². The van der Waals surface area contributed by atoms with Crippen molar-refractivity contribution in [3.63, 3.8) is 0 Å². The molecule has 2 unspecified atom stereocenters. The Kier molecular flexibility index (Phi) is 3.95. The molecule has 3 rings (SSSR count). The third-order valence-electron chi connectivity index (χ3n) is 5.15. The fourth-order valence-electron chi connectivity index (χ4n) is 4.09. The molecule has 2 heterocycles. The molecule has 2 saturated heterocycles. The second-order valence-corrected chi connectivity index (χ2v) is 7.06. The Hall–Kier alpha value is -1.10. The third-order valence-corrected chi connectivity index (χ3v) is 5.15. The lowest BCUT2D eigenvalue weighted by Gasteiger charge is -2.46. The molecule has 1 N–H and O–H groups in total. The van der Waals surface area contributed by atoms with Gasteiger partial charge in [-0.2, -0.15) is 0 Å². The van der Waals surface area contributed by atoms with Crippen LogP contribution in [0.2, 0.25) is 0 Å². The number of carbonyl (C=O) groups excluding carboxylic acids is 2. The number of ether oxygens (including phenoxy) is 1. The fraction of sp³-hybridized carbons (Fsp3) is 0.875. The summed E-state index contributed by atoms with van der Waals surface area (Å²) in [4.78, 5) is 27.5. The van der Waals surface area contributed by atoms with Crippen molar-refractivity contribution < 1.29 is 14.3 Å². The van der Waals surface area contributed by atoms with E-state index >= 15 is 0 Å². The Balaban J connectivity index is 1.85. The SMILES string of the molecule is CC(C)C1C(=O)NC2(CCCC2)C(=O)N1CC1CCCO1. The summed E-state index contributed by atoms with van der Waals surface area (Å²) in [6.07, 6.45) is 5.74. The average Bonchev–Trinajstić information content (AvgIpc) is 3.07. The molecule has 21 heavy (non-hydrogen) atoms. The van der Waals surface area contributed by atoms with Gasteiger partial charge in [-0.05, 0) is 31.6 Å². The minimum absolute atomic E-state index is 0.0181. The summed E-state index contributed by atoms with van der Waals surface area (Å²) in [6, 6.07) is -0.354. The molecule has 0 aromatic rings. The standard InChI is InChI=1S/C16H26N2O3/c1-11(2)13-14(19)17-16(7-3-4-8-16)15(20)18(13)10-12-6-5-9-21-12/h11-13H,3-10H2,1-2H3,(H,17,19). The zero-order valence-corrected chi connectivity index (χ0v) is 13.1. The number of piperazine rings is 1. The molecule has 3 aliphatic rings. The highest BCUT2D eigenvalue weighted by Gasteiger charge is 2.53. The summed E-state index contributed by atoms with van der Waals surface area (Å²) < 4.78 is 5.69. The average molecular weight is 294 g/mol. The van der Waals surface area contributed by atoms with Crippen LogP contribution in [0.25, 0.3) is 0 Å². The van der Waals surface area contributed by atoms with E-state index in [1.54, 1.807) is 0 Å². The monoisotopic (exact) mass is 294 g/mol. The van der Waals surface area contributed by atoms with Crippen LogP contribution in [-0.2, 0) is 14.3 Å². The van der Waals surface area contributed by atoms with E-state index in [-0.39, 0.29) is 29.9 Å². The van der Waals surface area contributed by atoms with Gasteiger partial charge in [-0.25, -0.2) is 0 Å². The molecule has 0 aromatic heterocycles. The number of amides is 2. The summed E-state index contributed by atoms with van der Waals surface area (Å²) in [5, 5.41) is 3.06. The van der Waals surface area contributed by atoms with E-state index in [1.165, 1.54) is 0 Å². The van der Waals surface area contributed by atoms with Crippen molar-refractivity contribution in [3.8, 4) is 0 Å². The predicted octanol–water partition coefficient (Wildman–Crippen LogP) is 1.46. The van der Waals surface area contributed by atoms with Crippen LogP contribution in [0.5, 0.6) is 0 Å². The van der Waals surface area contributed by atoms with Crippen LogP contribution in [0, 0.1) is 5.92 Å². The van der Waals surface area contributed by atoms with Crippen molar-refractivity contribution in [2.75, 3.05) is 13.2 Å². The zero-order valence-electron chi connectivity index (χ0n) is 13.1. The number of nitrogens with zero attached hydrogens (tertiary/aromatic N) is 1. The van der Waals surface area contributed by atoms with Crippen LogP contribution in [0.3, 0.4) is 0 Å². The van der Waals surface area contributed by atoms with Crippen LogP contribution in [-0.4, -0.2) is 47.6 Å². The van der Waals surface area contributed by atoms with Gasteiger partial charge in [-0.3, -0.25) is 9.59 Å². The van der Waals surface area contributed by atoms with Gasteiger partial charge in [0.15, 0.2) is 0 Å². The van der Waals surface area contributed by atoms with E-state index in [4.69, 9.17) is 4.74 Å². The summed E-state index contributed by atoms with van der Waals surface area (Å²) >= 11 is 0. The van der Waals surface area contributed by atoms with Crippen molar-refractivity contribution in [2.24, 2.45) is 5.92 Å². The molecule has 5 heteroatoms. The van der Waals surface area contributed by atoms with E-state index in [9.17, 15) is 9.59 Å². The maximum atomic E-state index is 13.1. The summed E-state index contributed by atoms with van der Waals surface area (Å²) in [5.41, 5.74) is -0.624. The normalized spacial score (nSPS) is 32.2. The minimum atomic E-state index is -0.624. The number of hydrogen-bond acceptors (Lipinski definition) is 3. The van der Waals surface area contributed by atoms with Crippen LogP contribution in [0.15, 0.2) is 0 Å². The minimum Gasteiger partial charge on any atom is -0.376 e. The molecule has 2 atom stereocenters. The first-order valence-corrected chi connectivity index (χ1v) is 8.28. The lowest BCUT2D eigenvalue weighted by Crippen LogP contribution is -2.71. The van der Waals surface area contributed by atoms with Crippen LogP contribution < -0.4 is 5.32 Å². The smallest absolute Gasteiger partial charge is 0.249 e. The largest absolute Gasteiger partial charge is 0.376 e. The first kappa shape index (κ1) is 14.8. The van der Waals surface area contributed by atoms with E-state index in [2.05, 4.69) is 5.32 Å². The molecule has 1 aliphatic carbocycles. The molecule has 2 aliphatic heterocycles. The summed E-state index contributed by atoms with van der Waals surface area (Å²) in [6.45, 7) is 5.35. The molecular weight excluding hydrogens is 268 g/mol. The molecule has 0 radical (unpaired) electrons. The first-order valence-electron chi connectivity index (χ1n) is 8.28. The highest BCUT2D eigenvalue weighted by Crippen LogP contribution is 2.36. The molecule has 118 valence electrons. The Morgan fingerprint density at radius 2 is 2.00 bits per heavy atom. The third kappa shape index (κ3) is 2.56.